The number of rotatable bonds is 6. The number of nitrogens with one attached hydrogen (secondary N) is 1. The van der Waals surface area contributed by atoms with Crippen LogP contribution in [-0.2, 0) is 10.0 Å². The Morgan fingerprint density at radius 3 is 2.13 bits per heavy atom. The minimum atomic E-state index is -3.79. The van der Waals surface area contributed by atoms with Crippen molar-refractivity contribution >= 4 is 21.6 Å². The summed E-state index contributed by atoms with van der Waals surface area (Å²) in [7, 11) is -2.33. The number of sulfonamides is 1. The molecule has 0 bridgehead atoms. The van der Waals surface area contributed by atoms with Crippen molar-refractivity contribution in [2.45, 2.75) is 38.6 Å². The first-order valence-electron chi connectivity index (χ1n) is 10.1. The molecule has 0 saturated heterocycles. The Morgan fingerprint density at radius 1 is 0.871 bits per heavy atom. The maximum absolute atomic E-state index is 13.1. The van der Waals surface area contributed by atoms with Crippen LogP contribution in [0.4, 0.5) is 5.69 Å². The van der Waals surface area contributed by atoms with E-state index in [-0.39, 0.29) is 16.8 Å². The number of amides is 1. The number of hydrogen-bond donors (Lipinski definition) is 1. The van der Waals surface area contributed by atoms with Crippen LogP contribution < -0.4 is 9.62 Å². The van der Waals surface area contributed by atoms with Crippen molar-refractivity contribution in [3.8, 4) is 0 Å². The highest BCUT2D eigenvalue weighted by Crippen LogP contribution is 2.27. The molecule has 3 rings (SSSR count). The summed E-state index contributed by atoms with van der Waals surface area (Å²) in [5.74, 6) is -0.323. The number of para-hydroxylation sites is 1. The second kappa shape index (κ2) is 8.94. The number of nitrogens with zero attached hydrogens (tertiary/aromatic N) is 1. The van der Waals surface area contributed by atoms with Gasteiger partial charge in [-0.1, -0.05) is 42.5 Å². The van der Waals surface area contributed by atoms with Crippen LogP contribution >= 0.6 is 0 Å². The van der Waals surface area contributed by atoms with E-state index in [1.807, 2.05) is 20.8 Å². The van der Waals surface area contributed by atoms with Crippen LogP contribution in [0.15, 0.2) is 71.6 Å². The molecular formula is C25H28N2O3S. The van der Waals surface area contributed by atoms with Gasteiger partial charge < -0.3 is 5.32 Å². The second-order valence-corrected chi connectivity index (χ2v) is 9.76. The van der Waals surface area contributed by atoms with Crippen molar-refractivity contribution in [3.05, 3.63) is 94.5 Å². The Kier molecular flexibility index (Phi) is 6.51. The summed E-state index contributed by atoms with van der Waals surface area (Å²) in [5.41, 5.74) is 5.14. The first-order valence-corrected chi connectivity index (χ1v) is 11.6. The maximum Gasteiger partial charge on any atom is 0.264 e. The first kappa shape index (κ1) is 22.6. The second-order valence-electron chi connectivity index (χ2n) is 7.79. The number of hydrogen-bond acceptors (Lipinski definition) is 3. The number of aryl methyl sites for hydroxylation is 3. The summed E-state index contributed by atoms with van der Waals surface area (Å²) in [4.78, 5) is 13.3. The molecule has 162 valence electrons. The molecule has 3 aromatic carbocycles. The third-order valence-electron chi connectivity index (χ3n) is 5.59. The summed E-state index contributed by atoms with van der Waals surface area (Å²) in [6.45, 7) is 8.07. The molecule has 3 aromatic rings. The first-order chi connectivity index (χ1) is 14.6. The Bertz CT molecular complexity index is 1200. The lowest BCUT2D eigenvalue weighted by atomic mass is 9.96. The van der Waals surface area contributed by atoms with Crippen molar-refractivity contribution in [1.82, 2.24) is 5.32 Å². The van der Waals surface area contributed by atoms with Gasteiger partial charge in [0, 0.05) is 7.05 Å². The average molecular weight is 437 g/mol. The van der Waals surface area contributed by atoms with Gasteiger partial charge in [0.25, 0.3) is 15.9 Å². The van der Waals surface area contributed by atoms with E-state index in [0.29, 0.717) is 11.3 Å². The van der Waals surface area contributed by atoms with Gasteiger partial charge in [0.15, 0.2) is 0 Å². The van der Waals surface area contributed by atoms with Crippen molar-refractivity contribution in [2.24, 2.45) is 0 Å². The number of anilines is 1. The van der Waals surface area contributed by atoms with E-state index < -0.39 is 10.0 Å². The van der Waals surface area contributed by atoms with Crippen LogP contribution in [-0.4, -0.2) is 21.4 Å². The Morgan fingerprint density at radius 2 is 1.45 bits per heavy atom. The molecule has 31 heavy (non-hydrogen) atoms. The number of benzene rings is 3. The van der Waals surface area contributed by atoms with Crippen LogP contribution in [0.2, 0.25) is 0 Å². The SMILES string of the molecule is Cc1cc(C)c([C@@H](C)NC(=O)c2ccccc2N(C)S(=O)(=O)c2ccccc2)cc1C. The van der Waals surface area contributed by atoms with Crippen molar-refractivity contribution in [1.29, 1.82) is 0 Å². The van der Waals surface area contributed by atoms with E-state index in [4.69, 9.17) is 0 Å². The monoisotopic (exact) mass is 436 g/mol. The molecule has 1 N–H and O–H groups in total. The average Bonchev–Trinajstić information content (AvgIpc) is 2.76. The molecule has 0 spiro atoms. The Balaban J connectivity index is 1.91. The lowest BCUT2D eigenvalue weighted by Gasteiger charge is -2.23. The molecule has 1 atom stereocenters. The van der Waals surface area contributed by atoms with Gasteiger partial charge in [-0.2, -0.15) is 0 Å². The molecule has 0 radical (unpaired) electrons. The number of carbonyl (C=O) groups excluding carboxylic acids is 1. The minimum Gasteiger partial charge on any atom is -0.345 e. The van der Waals surface area contributed by atoms with E-state index in [1.165, 1.54) is 12.6 Å². The van der Waals surface area contributed by atoms with Gasteiger partial charge >= 0.3 is 0 Å². The Labute approximate surface area is 184 Å². The summed E-state index contributed by atoms with van der Waals surface area (Å²) in [6, 6.07) is 18.9. The fraction of sp³-hybridized carbons (Fsp3) is 0.240. The predicted octanol–water partition coefficient (Wildman–Crippen LogP) is 4.93. The minimum absolute atomic E-state index is 0.173. The largest absolute Gasteiger partial charge is 0.345 e. The predicted molar refractivity (Wildman–Crippen MR) is 125 cm³/mol. The van der Waals surface area contributed by atoms with Crippen LogP contribution in [0.1, 0.15) is 45.6 Å². The zero-order valence-corrected chi connectivity index (χ0v) is 19.3. The van der Waals surface area contributed by atoms with Gasteiger partial charge in [-0.3, -0.25) is 9.10 Å². The van der Waals surface area contributed by atoms with E-state index in [9.17, 15) is 13.2 Å². The molecular weight excluding hydrogens is 408 g/mol. The summed E-state index contributed by atoms with van der Waals surface area (Å²) in [6.07, 6.45) is 0. The highest BCUT2D eigenvalue weighted by molar-refractivity contribution is 7.92. The molecule has 0 fully saturated rings. The van der Waals surface area contributed by atoms with Crippen molar-refractivity contribution in [3.63, 3.8) is 0 Å². The summed E-state index contributed by atoms with van der Waals surface area (Å²) in [5, 5.41) is 3.03. The molecule has 0 heterocycles. The van der Waals surface area contributed by atoms with Crippen LogP contribution in [0.5, 0.6) is 0 Å². The number of carbonyl (C=O) groups is 1. The fourth-order valence-electron chi connectivity index (χ4n) is 3.62. The highest BCUT2D eigenvalue weighted by Gasteiger charge is 2.25. The van der Waals surface area contributed by atoms with Gasteiger partial charge in [0.2, 0.25) is 0 Å². The lowest BCUT2D eigenvalue weighted by molar-refractivity contribution is 0.0940. The van der Waals surface area contributed by atoms with Crippen molar-refractivity contribution in [2.75, 3.05) is 11.4 Å². The molecule has 6 heteroatoms. The van der Waals surface area contributed by atoms with E-state index >= 15 is 0 Å². The molecule has 0 unspecified atom stereocenters. The van der Waals surface area contributed by atoms with E-state index in [2.05, 4.69) is 24.4 Å². The van der Waals surface area contributed by atoms with Gasteiger partial charge in [0.05, 0.1) is 22.2 Å². The van der Waals surface area contributed by atoms with Crippen LogP contribution in [0.25, 0.3) is 0 Å². The molecule has 5 nitrogen and oxygen atoms in total. The van der Waals surface area contributed by atoms with Crippen molar-refractivity contribution < 1.29 is 13.2 Å². The van der Waals surface area contributed by atoms with E-state index in [0.717, 1.165) is 21.0 Å². The van der Waals surface area contributed by atoms with E-state index in [1.54, 1.807) is 54.6 Å². The molecule has 0 aliphatic rings. The topological polar surface area (TPSA) is 66.5 Å². The summed E-state index contributed by atoms with van der Waals surface area (Å²) < 4.78 is 27.3. The maximum atomic E-state index is 13.1. The van der Waals surface area contributed by atoms with Gasteiger partial charge in [-0.05, 0) is 74.2 Å². The summed E-state index contributed by atoms with van der Waals surface area (Å²) >= 11 is 0. The Hall–Kier alpha value is -3.12. The van der Waals surface area contributed by atoms with Gasteiger partial charge in [0.1, 0.15) is 0 Å². The standard InChI is InChI=1S/C25H28N2O3S/c1-17-15-19(3)23(16-18(17)2)20(4)26-25(28)22-13-9-10-14-24(22)27(5)31(29,30)21-11-7-6-8-12-21/h6-16,20H,1-5H3,(H,26,28)/t20-/m1/s1. The molecule has 0 aliphatic heterocycles. The quantitative estimate of drug-likeness (QED) is 0.596. The highest BCUT2D eigenvalue weighted by atomic mass is 32.2. The molecule has 1 amide bonds. The van der Waals surface area contributed by atoms with Crippen LogP contribution in [0, 0.1) is 20.8 Å². The molecule has 0 aromatic heterocycles. The third-order valence-corrected chi connectivity index (χ3v) is 7.37. The molecule has 0 aliphatic carbocycles. The zero-order chi connectivity index (χ0) is 22.8. The third kappa shape index (κ3) is 4.64. The van der Waals surface area contributed by atoms with Crippen LogP contribution in [0.3, 0.4) is 0 Å². The molecule has 0 saturated carbocycles. The normalized spacial score (nSPS) is 12.3. The smallest absolute Gasteiger partial charge is 0.264 e. The fourth-order valence-corrected chi connectivity index (χ4v) is 4.86. The lowest BCUT2D eigenvalue weighted by Crippen LogP contribution is -2.32. The van der Waals surface area contributed by atoms with Gasteiger partial charge in [-0.25, -0.2) is 8.42 Å². The zero-order valence-electron chi connectivity index (χ0n) is 18.5. The van der Waals surface area contributed by atoms with Gasteiger partial charge in [-0.15, -0.1) is 0 Å².